The van der Waals surface area contributed by atoms with E-state index in [1.54, 1.807) is 0 Å². The Labute approximate surface area is 92.6 Å². The lowest BCUT2D eigenvalue weighted by molar-refractivity contribution is 1.22. The summed E-state index contributed by atoms with van der Waals surface area (Å²) >= 11 is 0. The van der Waals surface area contributed by atoms with Gasteiger partial charge in [-0.15, -0.1) is 0 Å². The highest BCUT2D eigenvalue weighted by atomic mass is 14.0. The van der Waals surface area contributed by atoms with Crippen LogP contribution >= 0.6 is 0 Å². The van der Waals surface area contributed by atoms with Crippen molar-refractivity contribution in [1.29, 1.82) is 0 Å². The van der Waals surface area contributed by atoms with Gasteiger partial charge in [-0.25, -0.2) is 0 Å². The third kappa shape index (κ3) is 3.25. The van der Waals surface area contributed by atoms with Gasteiger partial charge in [-0.2, -0.15) is 0 Å². The average molecular weight is 198 g/mol. The van der Waals surface area contributed by atoms with Crippen LogP contribution in [-0.4, -0.2) is 0 Å². The van der Waals surface area contributed by atoms with Crippen LogP contribution in [0.4, 0.5) is 0 Å². The summed E-state index contributed by atoms with van der Waals surface area (Å²) in [6, 6.07) is 8.44. The smallest absolute Gasteiger partial charge is 0.0187 e. The van der Waals surface area contributed by atoms with Gasteiger partial charge in [0.1, 0.15) is 0 Å². The first-order chi connectivity index (χ1) is 7.31. The first-order valence-electron chi connectivity index (χ1n) is 5.37. The van der Waals surface area contributed by atoms with Crippen molar-refractivity contribution in [2.75, 3.05) is 0 Å². The number of rotatable bonds is 4. The molecule has 1 aromatic carbocycles. The molecule has 0 bridgehead atoms. The number of hydrogen-bond donors (Lipinski definition) is 0. The zero-order valence-electron chi connectivity index (χ0n) is 9.53. The van der Waals surface area contributed by atoms with Crippen LogP contribution in [0, 0.1) is 0 Å². The lowest BCUT2D eigenvalue weighted by Crippen LogP contribution is -1.81. The fourth-order valence-electron chi connectivity index (χ4n) is 1.42. The molecule has 0 aliphatic rings. The van der Waals surface area contributed by atoms with Gasteiger partial charge in [-0.1, -0.05) is 62.1 Å². The molecule has 0 N–H and O–H groups in total. The Hall–Kier alpha value is -1.56. The van der Waals surface area contributed by atoms with Crippen molar-refractivity contribution in [2.45, 2.75) is 20.3 Å². The van der Waals surface area contributed by atoms with Crippen LogP contribution < -0.4 is 0 Å². The Morgan fingerprint density at radius 1 is 1.27 bits per heavy atom. The second kappa shape index (κ2) is 6.02. The van der Waals surface area contributed by atoms with Crippen LogP contribution in [0.5, 0.6) is 0 Å². The topological polar surface area (TPSA) is 0 Å². The number of allylic oxidation sites excluding steroid dienone is 4. The van der Waals surface area contributed by atoms with Crippen molar-refractivity contribution in [3.8, 4) is 0 Å². The Morgan fingerprint density at radius 2 is 1.93 bits per heavy atom. The van der Waals surface area contributed by atoms with E-state index >= 15 is 0 Å². The van der Waals surface area contributed by atoms with Crippen LogP contribution in [0.1, 0.15) is 31.4 Å². The maximum Gasteiger partial charge on any atom is -0.0187 e. The predicted molar refractivity (Wildman–Crippen MR) is 69.6 cm³/mol. The van der Waals surface area contributed by atoms with Crippen molar-refractivity contribution >= 4 is 11.6 Å². The van der Waals surface area contributed by atoms with Crippen molar-refractivity contribution in [1.82, 2.24) is 0 Å². The molecule has 0 nitrogen and oxygen atoms in total. The van der Waals surface area contributed by atoms with Crippen LogP contribution in [0.25, 0.3) is 11.6 Å². The van der Waals surface area contributed by atoms with Crippen molar-refractivity contribution in [3.63, 3.8) is 0 Å². The maximum absolute atomic E-state index is 3.75. The lowest BCUT2D eigenvalue weighted by atomic mass is 10.0. The van der Waals surface area contributed by atoms with E-state index in [2.05, 4.69) is 62.9 Å². The lowest BCUT2D eigenvalue weighted by Gasteiger charge is -2.02. The summed E-state index contributed by atoms with van der Waals surface area (Å²) in [5.74, 6) is 0. The van der Waals surface area contributed by atoms with Crippen LogP contribution in [0.3, 0.4) is 0 Å². The molecule has 0 atom stereocenters. The standard InChI is InChI=1S/C15H18/c1-4-7-8-14(6-3)15-11-9-13(5-2)10-12-15/h5-12H,2,4H2,1,3H3/b8-7-,14-6+. The zero-order chi connectivity index (χ0) is 11.1. The van der Waals surface area contributed by atoms with E-state index < -0.39 is 0 Å². The molecule has 0 heterocycles. The third-order valence-electron chi connectivity index (χ3n) is 2.32. The second-order valence-corrected chi connectivity index (χ2v) is 3.38. The van der Waals surface area contributed by atoms with E-state index in [1.165, 1.54) is 11.1 Å². The SMILES string of the molecule is C=Cc1ccc(C(/C=C\CC)=C/C)cc1. The summed E-state index contributed by atoms with van der Waals surface area (Å²) in [7, 11) is 0. The molecule has 0 unspecified atom stereocenters. The predicted octanol–water partition coefficient (Wildman–Crippen LogP) is 4.70. The van der Waals surface area contributed by atoms with Gasteiger partial charge in [0.25, 0.3) is 0 Å². The molecule has 0 fully saturated rings. The van der Waals surface area contributed by atoms with E-state index in [9.17, 15) is 0 Å². The first kappa shape index (κ1) is 11.5. The van der Waals surface area contributed by atoms with Gasteiger partial charge in [-0.05, 0) is 30.0 Å². The molecule has 0 aliphatic heterocycles. The molecule has 1 rings (SSSR count). The molecule has 0 saturated heterocycles. The van der Waals surface area contributed by atoms with E-state index in [-0.39, 0.29) is 0 Å². The van der Waals surface area contributed by atoms with Gasteiger partial charge >= 0.3 is 0 Å². The number of hydrogen-bond acceptors (Lipinski definition) is 0. The monoisotopic (exact) mass is 198 g/mol. The molecule has 15 heavy (non-hydrogen) atoms. The molecular formula is C15H18. The highest BCUT2D eigenvalue weighted by Crippen LogP contribution is 2.17. The molecule has 0 heteroatoms. The molecule has 0 aliphatic carbocycles. The van der Waals surface area contributed by atoms with Crippen molar-refractivity contribution in [3.05, 3.63) is 60.2 Å². The molecule has 1 aromatic rings. The van der Waals surface area contributed by atoms with Crippen molar-refractivity contribution in [2.24, 2.45) is 0 Å². The van der Waals surface area contributed by atoms with E-state index in [4.69, 9.17) is 0 Å². The molecule has 0 spiro atoms. The minimum absolute atomic E-state index is 1.07. The van der Waals surface area contributed by atoms with E-state index in [0.717, 1.165) is 12.0 Å². The van der Waals surface area contributed by atoms with Crippen LogP contribution in [0.2, 0.25) is 0 Å². The minimum atomic E-state index is 1.07. The summed E-state index contributed by atoms with van der Waals surface area (Å²) in [4.78, 5) is 0. The van der Waals surface area contributed by atoms with Gasteiger partial charge < -0.3 is 0 Å². The van der Waals surface area contributed by atoms with Crippen molar-refractivity contribution < 1.29 is 0 Å². The van der Waals surface area contributed by atoms with Gasteiger partial charge in [0, 0.05) is 0 Å². The van der Waals surface area contributed by atoms with Crippen LogP contribution in [0.15, 0.2) is 49.1 Å². The summed E-state index contributed by atoms with van der Waals surface area (Å²) < 4.78 is 0. The highest BCUT2D eigenvalue weighted by molar-refractivity contribution is 5.74. The van der Waals surface area contributed by atoms with Crippen LogP contribution in [-0.2, 0) is 0 Å². The fourth-order valence-corrected chi connectivity index (χ4v) is 1.42. The summed E-state index contributed by atoms with van der Waals surface area (Å²) in [6.07, 6.45) is 9.41. The second-order valence-electron chi connectivity index (χ2n) is 3.38. The van der Waals surface area contributed by atoms with E-state index in [1.807, 2.05) is 6.08 Å². The van der Waals surface area contributed by atoms with Gasteiger partial charge in [0.05, 0.1) is 0 Å². The molecule has 0 aromatic heterocycles. The Balaban J connectivity index is 2.93. The maximum atomic E-state index is 3.75. The molecule has 0 radical (unpaired) electrons. The third-order valence-corrected chi connectivity index (χ3v) is 2.32. The number of benzene rings is 1. The van der Waals surface area contributed by atoms with Gasteiger partial charge in [-0.3, -0.25) is 0 Å². The van der Waals surface area contributed by atoms with Gasteiger partial charge in [0.15, 0.2) is 0 Å². The highest BCUT2D eigenvalue weighted by Gasteiger charge is 1.95. The Bertz CT molecular complexity index is 364. The quantitative estimate of drug-likeness (QED) is 0.615. The first-order valence-corrected chi connectivity index (χ1v) is 5.37. The summed E-state index contributed by atoms with van der Waals surface area (Å²) in [5.41, 5.74) is 3.69. The van der Waals surface area contributed by atoms with E-state index in [0.29, 0.717) is 0 Å². The fraction of sp³-hybridized carbons (Fsp3) is 0.200. The minimum Gasteiger partial charge on any atom is -0.0985 e. The molecule has 0 saturated carbocycles. The Morgan fingerprint density at radius 3 is 2.40 bits per heavy atom. The molecule has 78 valence electrons. The summed E-state index contributed by atoms with van der Waals surface area (Å²) in [6.45, 7) is 7.96. The van der Waals surface area contributed by atoms with Gasteiger partial charge in [0.2, 0.25) is 0 Å². The summed E-state index contributed by atoms with van der Waals surface area (Å²) in [5, 5.41) is 0. The average Bonchev–Trinajstić information content (AvgIpc) is 2.31. The largest absolute Gasteiger partial charge is 0.0985 e. The molecular weight excluding hydrogens is 180 g/mol. The normalized spacial score (nSPS) is 12.0. The Kier molecular flexibility index (Phi) is 4.62. The molecule has 0 amide bonds. The zero-order valence-corrected chi connectivity index (χ0v) is 9.53.